The number of H-pyrrole nitrogens is 2. The molecule has 116 valence electrons. The normalized spacial score (nSPS) is 20.0. The van der Waals surface area contributed by atoms with Crippen LogP contribution in [0.25, 0.3) is 10.8 Å². The monoisotopic (exact) mass is 324 g/mol. The Hall–Kier alpha value is -2.40. The highest BCUT2D eigenvalue weighted by molar-refractivity contribution is 7.71. The maximum atomic E-state index is 12.1. The minimum atomic E-state index is -0.160. The van der Waals surface area contributed by atoms with Crippen molar-refractivity contribution in [1.29, 1.82) is 0 Å². The summed E-state index contributed by atoms with van der Waals surface area (Å²) in [5.74, 6) is 0.688. The van der Waals surface area contributed by atoms with E-state index in [2.05, 4.69) is 41.2 Å². The lowest BCUT2D eigenvalue weighted by molar-refractivity contribution is 0.116. The van der Waals surface area contributed by atoms with E-state index in [1.807, 2.05) is 18.2 Å². The highest BCUT2D eigenvalue weighted by atomic mass is 32.1. The van der Waals surface area contributed by atoms with Crippen molar-refractivity contribution >= 4 is 23.0 Å². The molecule has 1 aliphatic rings. The molecule has 0 bridgehead atoms. The summed E-state index contributed by atoms with van der Waals surface area (Å²) in [6, 6.07) is 14.5. The zero-order valence-electron chi connectivity index (χ0n) is 12.6. The highest BCUT2D eigenvalue weighted by Crippen LogP contribution is 2.38. The molecule has 2 unspecified atom stereocenters. The van der Waals surface area contributed by atoms with Gasteiger partial charge < -0.3 is 9.72 Å². The fourth-order valence-electron chi connectivity index (χ4n) is 3.32. The van der Waals surface area contributed by atoms with Crippen LogP contribution < -0.4 is 10.3 Å². The number of ether oxygens (including phenoxy) is 1. The number of hydrogen-bond acceptors (Lipinski definition) is 3. The third-order valence-corrected chi connectivity index (χ3v) is 4.62. The molecule has 4 rings (SSSR count). The van der Waals surface area contributed by atoms with E-state index in [1.54, 1.807) is 0 Å². The molecule has 0 aliphatic carbocycles. The lowest BCUT2D eigenvalue weighted by atomic mass is 9.87. The van der Waals surface area contributed by atoms with E-state index in [0.29, 0.717) is 22.6 Å². The van der Waals surface area contributed by atoms with E-state index in [1.165, 1.54) is 10.8 Å². The Morgan fingerprint density at radius 1 is 1.13 bits per heavy atom. The fraction of sp³-hybridized carbons (Fsp3) is 0.222. The zero-order chi connectivity index (χ0) is 16.0. The quantitative estimate of drug-likeness (QED) is 0.668. The first-order valence-corrected chi connectivity index (χ1v) is 8.04. The SMILES string of the molecule is CC1Cc2c([nH]c(=S)[nH]c2=O)OC1c1cccc2ccccc12. The van der Waals surface area contributed by atoms with Crippen molar-refractivity contribution in [2.24, 2.45) is 5.92 Å². The summed E-state index contributed by atoms with van der Waals surface area (Å²) in [4.78, 5) is 17.7. The molecule has 1 aromatic heterocycles. The van der Waals surface area contributed by atoms with Gasteiger partial charge in [0.1, 0.15) is 6.10 Å². The van der Waals surface area contributed by atoms with Crippen molar-refractivity contribution in [2.45, 2.75) is 19.4 Å². The maximum Gasteiger partial charge on any atom is 0.258 e. The molecule has 0 saturated heterocycles. The molecule has 1 aliphatic heterocycles. The number of fused-ring (bicyclic) bond motifs is 2. The van der Waals surface area contributed by atoms with Crippen molar-refractivity contribution in [3.63, 3.8) is 0 Å². The number of rotatable bonds is 1. The van der Waals surface area contributed by atoms with Crippen molar-refractivity contribution in [1.82, 2.24) is 9.97 Å². The second kappa shape index (κ2) is 5.35. The Balaban J connectivity index is 1.86. The van der Waals surface area contributed by atoms with Gasteiger partial charge in [-0.15, -0.1) is 0 Å². The Kier molecular flexibility index (Phi) is 3.31. The van der Waals surface area contributed by atoms with E-state index >= 15 is 0 Å². The average Bonchev–Trinajstić information content (AvgIpc) is 2.55. The molecule has 2 N–H and O–H groups in total. The first kappa shape index (κ1) is 14.2. The Labute approximate surface area is 138 Å². The van der Waals surface area contributed by atoms with Crippen LogP contribution in [-0.4, -0.2) is 9.97 Å². The van der Waals surface area contributed by atoms with E-state index < -0.39 is 0 Å². The Morgan fingerprint density at radius 2 is 1.91 bits per heavy atom. The fourth-order valence-corrected chi connectivity index (χ4v) is 3.50. The van der Waals surface area contributed by atoms with Crippen LogP contribution in [0.15, 0.2) is 47.3 Å². The van der Waals surface area contributed by atoms with Crippen molar-refractivity contribution in [2.75, 3.05) is 0 Å². The minimum absolute atomic E-state index is 0.110. The summed E-state index contributed by atoms with van der Waals surface area (Å²) in [5.41, 5.74) is 1.62. The smallest absolute Gasteiger partial charge is 0.258 e. The lowest BCUT2D eigenvalue weighted by Crippen LogP contribution is -2.30. The van der Waals surface area contributed by atoms with Crippen LogP contribution >= 0.6 is 12.2 Å². The van der Waals surface area contributed by atoms with Gasteiger partial charge in [0, 0.05) is 11.5 Å². The van der Waals surface area contributed by atoms with Crippen LogP contribution in [-0.2, 0) is 6.42 Å². The van der Waals surface area contributed by atoms with Crippen molar-refractivity contribution < 1.29 is 4.74 Å². The molecule has 2 aromatic carbocycles. The van der Waals surface area contributed by atoms with Gasteiger partial charge in [0.2, 0.25) is 5.88 Å². The van der Waals surface area contributed by atoms with E-state index in [4.69, 9.17) is 17.0 Å². The topological polar surface area (TPSA) is 57.9 Å². The van der Waals surface area contributed by atoms with Gasteiger partial charge in [-0.2, -0.15) is 0 Å². The highest BCUT2D eigenvalue weighted by Gasteiger charge is 2.31. The second-order valence-electron chi connectivity index (χ2n) is 6.00. The molecule has 2 heterocycles. The van der Waals surface area contributed by atoms with Gasteiger partial charge in [0.15, 0.2) is 4.77 Å². The maximum absolute atomic E-state index is 12.1. The number of aromatic nitrogens is 2. The molecule has 0 radical (unpaired) electrons. The van der Waals surface area contributed by atoms with Crippen LogP contribution in [0.5, 0.6) is 5.88 Å². The van der Waals surface area contributed by atoms with Gasteiger partial charge in [0.25, 0.3) is 5.56 Å². The third kappa shape index (κ3) is 2.37. The van der Waals surface area contributed by atoms with Crippen LogP contribution in [0.3, 0.4) is 0 Å². The standard InChI is InChI=1S/C18H16N2O2S/c1-10-9-14-16(21)19-18(23)20-17(14)22-15(10)13-8-4-6-11-5-2-3-7-12(11)13/h2-8,10,15H,9H2,1H3,(H2,19,20,21,23). The predicted octanol–water partition coefficient (Wildman–Crippen LogP) is 3.90. The first-order chi connectivity index (χ1) is 11.1. The number of nitrogens with one attached hydrogen (secondary N) is 2. The molecule has 5 heteroatoms. The molecular weight excluding hydrogens is 308 g/mol. The molecule has 2 atom stereocenters. The summed E-state index contributed by atoms with van der Waals surface area (Å²) < 4.78 is 6.45. The van der Waals surface area contributed by atoms with Gasteiger partial charge >= 0.3 is 0 Å². The molecule has 23 heavy (non-hydrogen) atoms. The molecule has 0 saturated carbocycles. The van der Waals surface area contributed by atoms with Gasteiger partial charge in [-0.05, 0) is 29.4 Å². The lowest BCUT2D eigenvalue weighted by Gasteiger charge is -2.31. The summed E-state index contributed by atoms with van der Waals surface area (Å²) in [5, 5.41) is 2.36. The molecule has 0 spiro atoms. The molecule has 0 amide bonds. The summed E-state index contributed by atoms with van der Waals surface area (Å²) in [6.45, 7) is 2.11. The molecule has 4 nitrogen and oxygen atoms in total. The predicted molar refractivity (Wildman–Crippen MR) is 92.4 cm³/mol. The first-order valence-electron chi connectivity index (χ1n) is 7.63. The van der Waals surface area contributed by atoms with E-state index in [-0.39, 0.29) is 17.6 Å². The molecule has 0 fully saturated rings. The Morgan fingerprint density at radius 3 is 2.78 bits per heavy atom. The van der Waals surface area contributed by atoms with Crippen LogP contribution in [0.2, 0.25) is 0 Å². The van der Waals surface area contributed by atoms with Crippen molar-refractivity contribution in [3.05, 3.63) is 68.7 Å². The van der Waals surface area contributed by atoms with E-state index in [9.17, 15) is 4.79 Å². The van der Waals surface area contributed by atoms with Gasteiger partial charge in [0.05, 0.1) is 5.56 Å². The average molecular weight is 324 g/mol. The van der Waals surface area contributed by atoms with Crippen LogP contribution in [0.4, 0.5) is 0 Å². The largest absolute Gasteiger partial charge is 0.470 e. The van der Waals surface area contributed by atoms with Gasteiger partial charge in [-0.3, -0.25) is 9.78 Å². The van der Waals surface area contributed by atoms with Crippen LogP contribution in [0.1, 0.15) is 24.2 Å². The van der Waals surface area contributed by atoms with Gasteiger partial charge in [-0.25, -0.2) is 0 Å². The zero-order valence-corrected chi connectivity index (χ0v) is 13.4. The molecule has 3 aromatic rings. The van der Waals surface area contributed by atoms with Crippen molar-refractivity contribution in [3.8, 4) is 5.88 Å². The second-order valence-corrected chi connectivity index (χ2v) is 6.41. The number of hydrogen-bond donors (Lipinski definition) is 2. The molecular formula is C18H16N2O2S. The summed E-state index contributed by atoms with van der Waals surface area (Å²) in [6.07, 6.45) is 0.547. The van der Waals surface area contributed by atoms with Gasteiger partial charge in [-0.1, -0.05) is 49.4 Å². The van der Waals surface area contributed by atoms with Crippen LogP contribution in [0, 0.1) is 10.7 Å². The summed E-state index contributed by atoms with van der Waals surface area (Å²) in [7, 11) is 0. The third-order valence-electron chi connectivity index (χ3n) is 4.42. The Bertz CT molecular complexity index is 1000. The summed E-state index contributed by atoms with van der Waals surface area (Å²) >= 11 is 5.06. The van der Waals surface area contributed by atoms with E-state index in [0.717, 1.165) is 5.56 Å². The number of benzene rings is 2. The minimum Gasteiger partial charge on any atom is -0.470 e. The number of aromatic amines is 2.